The van der Waals surface area contributed by atoms with E-state index >= 15 is 0 Å². The number of amides is 1. The van der Waals surface area contributed by atoms with Crippen LogP contribution in [0, 0.1) is 0 Å². The molecule has 4 aromatic carbocycles. The standard InChI is InChI=1S/C44H53N3O6/c48-32-34-18-20-36(21-19-34)41-28-40(31-47-24-22-46(23-25-47)30-33-10-4-3-5-11-33)52-44(53-41)39-15-9-14-38(27-39)37-13-8-12-35(26-37)29-45-42(49)16-6-1-2-7-17-43(50)51/h3-5,8-15,18-21,26-27,40-41,44,48H,1-2,6-7,16-17,22-25,28-32H2,(H,45,49)(H,50,51)/t40-,41+,44+/m1/s1. The van der Waals surface area contributed by atoms with Gasteiger partial charge in [-0.05, 0) is 58.4 Å². The first-order valence-corrected chi connectivity index (χ1v) is 19.1. The molecule has 0 spiro atoms. The van der Waals surface area contributed by atoms with E-state index in [2.05, 4.69) is 87.9 Å². The number of aliphatic hydroxyl groups is 1. The SMILES string of the molecule is O=C(O)CCCCCCC(=O)NCc1cccc(-c2cccc([C@H]3O[C@@H](CN4CCN(Cc5ccccc5)CC4)C[C@@H](c4ccc(CO)cc4)O3)c2)c1. The van der Waals surface area contributed by atoms with Crippen molar-refractivity contribution < 1.29 is 29.3 Å². The van der Waals surface area contributed by atoms with Gasteiger partial charge in [0.2, 0.25) is 5.91 Å². The lowest BCUT2D eigenvalue weighted by atomic mass is 9.98. The Labute approximate surface area is 313 Å². The van der Waals surface area contributed by atoms with E-state index in [-0.39, 0.29) is 31.1 Å². The molecule has 2 fully saturated rings. The van der Waals surface area contributed by atoms with Gasteiger partial charge in [-0.1, -0.05) is 104 Å². The molecule has 9 nitrogen and oxygen atoms in total. The van der Waals surface area contributed by atoms with Crippen molar-refractivity contribution in [1.82, 2.24) is 15.1 Å². The third-order valence-corrected chi connectivity index (χ3v) is 10.2. The summed E-state index contributed by atoms with van der Waals surface area (Å²) in [5.41, 5.74) is 7.38. The number of piperazine rings is 1. The minimum absolute atomic E-state index is 0.00593. The molecule has 2 aliphatic heterocycles. The Morgan fingerprint density at radius 2 is 1.36 bits per heavy atom. The van der Waals surface area contributed by atoms with Crippen molar-refractivity contribution in [3.63, 3.8) is 0 Å². The molecule has 280 valence electrons. The van der Waals surface area contributed by atoms with Gasteiger partial charge in [0, 0.05) is 70.6 Å². The predicted octanol–water partition coefficient (Wildman–Crippen LogP) is 7.25. The van der Waals surface area contributed by atoms with Gasteiger partial charge in [-0.3, -0.25) is 19.4 Å². The molecular weight excluding hydrogens is 666 g/mol. The zero-order chi connectivity index (χ0) is 36.8. The Hall–Kier alpha value is -4.38. The number of aliphatic hydroxyl groups excluding tert-OH is 1. The molecule has 0 aliphatic carbocycles. The van der Waals surface area contributed by atoms with Gasteiger partial charge < -0.3 is 25.0 Å². The molecule has 3 N–H and O–H groups in total. The number of nitrogens with one attached hydrogen (secondary N) is 1. The lowest BCUT2D eigenvalue weighted by Gasteiger charge is -2.41. The lowest BCUT2D eigenvalue weighted by Crippen LogP contribution is -2.49. The van der Waals surface area contributed by atoms with Crippen LogP contribution < -0.4 is 5.32 Å². The van der Waals surface area contributed by atoms with Crippen molar-refractivity contribution in [3.8, 4) is 11.1 Å². The van der Waals surface area contributed by atoms with Crippen LogP contribution in [0.3, 0.4) is 0 Å². The molecule has 6 rings (SSSR count). The molecule has 2 aliphatic rings. The smallest absolute Gasteiger partial charge is 0.303 e. The topological polar surface area (TPSA) is 112 Å². The second kappa shape index (κ2) is 19.6. The van der Waals surface area contributed by atoms with Crippen LogP contribution >= 0.6 is 0 Å². The minimum Gasteiger partial charge on any atom is -0.481 e. The van der Waals surface area contributed by atoms with Crippen LogP contribution in [0.1, 0.15) is 85.2 Å². The van der Waals surface area contributed by atoms with Crippen molar-refractivity contribution in [2.24, 2.45) is 0 Å². The number of unbranched alkanes of at least 4 members (excludes halogenated alkanes) is 3. The molecule has 3 atom stereocenters. The second-order valence-corrected chi connectivity index (χ2v) is 14.3. The lowest BCUT2D eigenvalue weighted by molar-refractivity contribution is -0.253. The third kappa shape index (κ3) is 11.8. The van der Waals surface area contributed by atoms with E-state index in [1.54, 1.807) is 0 Å². The van der Waals surface area contributed by atoms with Gasteiger partial charge in [0.1, 0.15) is 0 Å². The quantitative estimate of drug-likeness (QED) is 0.0980. The van der Waals surface area contributed by atoms with Crippen LogP contribution in [0.15, 0.2) is 103 Å². The monoisotopic (exact) mass is 719 g/mol. The van der Waals surface area contributed by atoms with Crippen LogP contribution in [0.4, 0.5) is 0 Å². The normalized spacial score (nSPS) is 19.5. The maximum atomic E-state index is 12.5. The number of carbonyl (C=O) groups is 2. The van der Waals surface area contributed by atoms with Crippen LogP contribution in [0.5, 0.6) is 0 Å². The Kier molecular flexibility index (Phi) is 14.2. The van der Waals surface area contributed by atoms with Crippen molar-refractivity contribution in [3.05, 3.63) is 131 Å². The number of benzene rings is 4. The van der Waals surface area contributed by atoms with E-state index in [4.69, 9.17) is 14.6 Å². The number of carbonyl (C=O) groups excluding carboxylic acids is 1. The highest BCUT2D eigenvalue weighted by Gasteiger charge is 2.34. The first-order valence-electron chi connectivity index (χ1n) is 19.1. The van der Waals surface area contributed by atoms with E-state index < -0.39 is 12.3 Å². The third-order valence-electron chi connectivity index (χ3n) is 10.2. The van der Waals surface area contributed by atoms with Crippen molar-refractivity contribution >= 4 is 11.9 Å². The zero-order valence-corrected chi connectivity index (χ0v) is 30.6. The summed E-state index contributed by atoms with van der Waals surface area (Å²) < 4.78 is 13.4. The highest BCUT2D eigenvalue weighted by Crippen LogP contribution is 2.39. The fraction of sp³-hybridized carbons (Fsp3) is 0.409. The fourth-order valence-corrected chi connectivity index (χ4v) is 7.22. The van der Waals surface area contributed by atoms with Gasteiger partial charge in [0.05, 0.1) is 18.8 Å². The van der Waals surface area contributed by atoms with Crippen LogP contribution in [0.25, 0.3) is 11.1 Å². The van der Waals surface area contributed by atoms with Gasteiger partial charge in [0.15, 0.2) is 6.29 Å². The summed E-state index contributed by atoms with van der Waals surface area (Å²) in [5.74, 6) is -0.766. The molecule has 0 radical (unpaired) electrons. The summed E-state index contributed by atoms with van der Waals surface area (Å²) in [5, 5.41) is 21.4. The number of nitrogens with zero attached hydrogens (tertiary/aromatic N) is 2. The Balaban J connectivity index is 1.08. The largest absolute Gasteiger partial charge is 0.481 e. The van der Waals surface area contributed by atoms with Gasteiger partial charge in [-0.25, -0.2) is 0 Å². The summed E-state index contributed by atoms with van der Waals surface area (Å²) in [6.07, 6.45) is 3.75. The maximum Gasteiger partial charge on any atom is 0.303 e. The Bertz CT molecular complexity index is 1740. The molecule has 2 heterocycles. The van der Waals surface area contributed by atoms with E-state index in [1.165, 1.54) is 5.56 Å². The number of hydrogen-bond donors (Lipinski definition) is 3. The number of carboxylic acid groups (broad SMARTS) is 1. The average Bonchev–Trinajstić information content (AvgIpc) is 3.19. The van der Waals surface area contributed by atoms with E-state index in [0.29, 0.717) is 19.4 Å². The van der Waals surface area contributed by atoms with E-state index in [0.717, 1.165) is 98.3 Å². The summed E-state index contributed by atoms with van der Waals surface area (Å²) in [6, 6.07) is 35.3. The molecule has 1 amide bonds. The van der Waals surface area contributed by atoms with E-state index in [1.807, 2.05) is 30.3 Å². The van der Waals surface area contributed by atoms with Crippen LogP contribution in [-0.4, -0.2) is 70.7 Å². The highest BCUT2D eigenvalue weighted by molar-refractivity contribution is 5.76. The zero-order valence-electron chi connectivity index (χ0n) is 30.6. The van der Waals surface area contributed by atoms with Gasteiger partial charge in [-0.15, -0.1) is 0 Å². The number of carboxylic acids is 1. The molecule has 53 heavy (non-hydrogen) atoms. The first kappa shape index (κ1) is 38.3. The van der Waals surface area contributed by atoms with Gasteiger partial charge in [-0.2, -0.15) is 0 Å². The van der Waals surface area contributed by atoms with Crippen molar-refractivity contribution in [2.75, 3.05) is 32.7 Å². The van der Waals surface area contributed by atoms with Crippen LogP contribution in [-0.2, 0) is 38.8 Å². The highest BCUT2D eigenvalue weighted by atomic mass is 16.7. The average molecular weight is 720 g/mol. The number of rotatable bonds is 17. The summed E-state index contributed by atoms with van der Waals surface area (Å²) >= 11 is 0. The summed E-state index contributed by atoms with van der Waals surface area (Å²) in [7, 11) is 0. The van der Waals surface area contributed by atoms with E-state index in [9.17, 15) is 14.7 Å². The molecular formula is C44H53N3O6. The second-order valence-electron chi connectivity index (χ2n) is 14.3. The Morgan fingerprint density at radius 1 is 0.679 bits per heavy atom. The van der Waals surface area contributed by atoms with Crippen molar-refractivity contribution in [2.45, 2.75) is 83.1 Å². The number of ether oxygens (including phenoxy) is 2. The van der Waals surface area contributed by atoms with Crippen LogP contribution in [0.2, 0.25) is 0 Å². The summed E-state index contributed by atoms with van der Waals surface area (Å²) in [6.45, 7) is 6.30. The van der Waals surface area contributed by atoms with Crippen molar-refractivity contribution in [1.29, 1.82) is 0 Å². The number of hydrogen-bond acceptors (Lipinski definition) is 7. The predicted molar refractivity (Wildman–Crippen MR) is 206 cm³/mol. The molecule has 0 saturated carbocycles. The molecule has 0 unspecified atom stereocenters. The molecule has 0 aromatic heterocycles. The maximum absolute atomic E-state index is 12.5. The molecule has 0 bridgehead atoms. The molecule has 4 aromatic rings. The molecule has 2 saturated heterocycles. The Morgan fingerprint density at radius 3 is 2.09 bits per heavy atom. The summed E-state index contributed by atoms with van der Waals surface area (Å²) in [4.78, 5) is 28.2. The molecule has 9 heteroatoms. The number of aliphatic carboxylic acids is 1. The van der Waals surface area contributed by atoms with Gasteiger partial charge >= 0.3 is 5.97 Å². The minimum atomic E-state index is -0.772. The fourth-order valence-electron chi connectivity index (χ4n) is 7.22. The van der Waals surface area contributed by atoms with Gasteiger partial charge in [0.25, 0.3) is 0 Å². The first-order chi connectivity index (χ1) is 25.9.